The minimum atomic E-state index is -0.468. The Morgan fingerprint density at radius 3 is 2.54 bits per heavy atom. The van der Waals surface area contributed by atoms with E-state index in [2.05, 4.69) is 5.32 Å². The van der Waals surface area contributed by atoms with E-state index in [1.807, 2.05) is 60.9 Å². The first kappa shape index (κ1) is 20.4. The van der Waals surface area contributed by atoms with Crippen LogP contribution in [0.25, 0.3) is 0 Å². The van der Waals surface area contributed by atoms with Crippen LogP contribution in [0.5, 0.6) is 11.5 Å². The number of amides is 1. The van der Waals surface area contributed by atoms with Crippen LogP contribution in [0.3, 0.4) is 0 Å². The number of carbonyl (C=O) groups excluding carboxylic acids is 1. The maximum atomic E-state index is 12.0. The van der Waals surface area contributed by atoms with Crippen molar-refractivity contribution in [3.05, 3.63) is 60.2 Å². The zero-order valence-electron chi connectivity index (χ0n) is 13.6. The number of hydrogen-bond donors (Lipinski definition) is 2. The highest BCUT2D eigenvalue weighted by Crippen LogP contribution is 2.24. The first-order chi connectivity index (χ1) is 11.2. The predicted octanol–water partition coefficient (Wildman–Crippen LogP) is 3.60. The molecule has 0 bridgehead atoms. The summed E-state index contributed by atoms with van der Waals surface area (Å²) < 4.78 is 5.88. The van der Waals surface area contributed by atoms with Crippen LogP contribution in [0.2, 0.25) is 0 Å². The number of hydrogen-bond acceptors (Lipinski definition) is 4. The fraction of sp³-hybridized carbons (Fsp3) is 0.278. The van der Waals surface area contributed by atoms with Crippen LogP contribution in [0.1, 0.15) is 12.0 Å². The molecule has 0 aliphatic heterocycles. The lowest BCUT2D eigenvalue weighted by Crippen LogP contribution is -2.40. The summed E-state index contributed by atoms with van der Waals surface area (Å²) in [5.41, 5.74) is 6.79. The number of para-hydroxylation sites is 2. The standard InChI is InChI=1S/C18H22N2O2S.ClH/c1-23-12-11-16(19)18(21)20-13-14-7-5-6-10-17(14)22-15-8-3-2-4-9-15;/h2-10,16H,11-13,19H2,1H3,(H,20,21);1H/t16-;/m0./s1. The Hall–Kier alpha value is -1.69. The molecular formula is C18H23ClN2O2S. The Kier molecular flexibility index (Phi) is 9.30. The van der Waals surface area contributed by atoms with E-state index < -0.39 is 6.04 Å². The Balaban J connectivity index is 0.00000288. The molecule has 6 heteroatoms. The van der Waals surface area contributed by atoms with Gasteiger partial charge in [-0.2, -0.15) is 11.8 Å². The summed E-state index contributed by atoms with van der Waals surface area (Å²) in [4.78, 5) is 12.0. The summed E-state index contributed by atoms with van der Waals surface area (Å²) in [5, 5.41) is 2.88. The van der Waals surface area contributed by atoms with Gasteiger partial charge in [-0.3, -0.25) is 4.79 Å². The van der Waals surface area contributed by atoms with Gasteiger partial charge in [0.1, 0.15) is 11.5 Å². The summed E-state index contributed by atoms with van der Waals surface area (Å²) in [6, 6.07) is 16.8. The number of ether oxygens (including phenoxy) is 1. The molecule has 4 nitrogen and oxygen atoms in total. The third-order valence-electron chi connectivity index (χ3n) is 3.37. The summed E-state index contributed by atoms with van der Waals surface area (Å²) in [5.74, 6) is 2.25. The fourth-order valence-corrected chi connectivity index (χ4v) is 2.54. The smallest absolute Gasteiger partial charge is 0.237 e. The molecule has 0 unspecified atom stereocenters. The Morgan fingerprint density at radius 1 is 1.17 bits per heavy atom. The molecule has 0 fully saturated rings. The van der Waals surface area contributed by atoms with E-state index in [1.54, 1.807) is 11.8 Å². The molecule has 0 aliphatic carbocycles. The molecule has 2 aromatic carbocycles. The van der Waals surface area contributed by atoms with Crippen LogP contribution < -0.4 is 15.8 Å². The van der Waals surface area contributed by atoms with E-state index in [9.17, 15) is 4.79 Å². The minimum absolute atomic E-state index is 0. The highest BCUT2D eigenvalue weighted by Gasteiger charge is 2.13. The third kappa shape index (κ3) is 6.43. The fourth-order valence-electron chi connectivity index (χ4n) is 2.05. The van der Waals surface area contributed by atoms with Gasteiger partial charge in [0.05, 0.1) is 6.04 Å². The monoisotopic (exact) mass is 366 g/mol. The molecule has 0 aromatic heterocycles. The van der Waals surface area contributed by atoms with Crippen LogP contribution in [-0.4, -0.2) is 24.0 Å². The van der Waals surface area contributed by atoms with Crippen molar-refractivity contribution in [2.24, 2.45) is 5.73 Å². The second-order valence-corrected chi connectivity index (χ2v) is 6.11. The van der Waals surface area contributed by atoms with Gasteiger partial charge < -0.3 is 15.8 Å². The average molecular weight is 367 g/mol. The first-order valence-corrected chi connectivity index (χ1v) is 8.93. The molecule has 2 rings (SSSR count). The molecule has 2 aromatic rings. The van der Waals surface area contributed by atoms with Crippen LogP contribution in [0.15, 0.2) is 54.6 Å². The molecule has 24 heavy (non-hydrogen) atoms. The molecule has 0 saturated heterocycles. The van der Waals surface area contributed by atoms with E-state index >= 15 is 0 Å². The summed E-state index contributed by atoms with van der Waals surface area (Å²) in [6.07, 6.45) is 2.68. The molecule has 0 spiro atoms. The average Bonchev–Trinajstić information content (AvgIpc) is 2.59. The second kappa shape index (κ2) is 11.0. The number of benzene rings is 2. The molecule has 1 amide bonds. The normalized spacial score (nSPS) is 11.2. The molecule has 0 saturated carbocycles. The van der Waals surface area contributed by atoms with Crippen molar-refractivity contribution in [2.75, 3.05) is 12.0 Å². The number of thioether (sulfide) groups is 1. The van der Waals surface area contributed by atoms with Gasteiger partial charge >= 0.3 is 0 Å². The molecule has 3 N–H and O–H groups in total. The van der Waals surface area contributed by atoms with E-state index in [1.165, 1.54) is 0 Å². The van der Waals surface area contributed by atoms with Gasteiger partial charge in [0.25, 0.3) is 0 Å². The molecular weight excluding hydrogens is 344 g/mol. The van der Waals surface area contributed by atoms with Gasteiger partial charge in [-0.25, -0.2) is 0 Å². The van der Waals surface area contributed by atoms with Gasteiger partial charge in [-0.05, 0) is 36.6 Å². The number of rotatable bonds is 8. The van der Waals surface area contributed by atoms with Crippen molar-refractivity contribution in [1.82, 2.24) is 5.32 Å². The molecule has 0 radical (unpaired) electrons. The van der Waals surface area contributed by atoms with Crippen molar-refractivity contribution in [3.8, 4) is 11.5 Å². The van der Waals surface area contributed by atoms with Crippen LogP contribution in [-0.2, 0) is 11.3 Å². The molecule has 1 atom stereocenters. The maximum Gasteiger partial charge on any atom is 0.237 e. The molecule has 130 valence electrons. The summed E-state index contributed by atoms with van der Waals surface area (Å²) in [6.45, 7) is 0.398. The quantitative estimate of drug-likeness (QED) is 0.749. The van der Waals surface area contributed by atoms with Gasteiger partial charge in [-0.15, -0.1) is 12.4 Å². The predicted molar refractivity (Wildman–Crippen MR) is 103 cm³/mol. The number of carbonyl (C=O) groups is 1. The topological polar surface area (TPSA) is 64.4 Å². The first-order valence-electron chi connectivity index (χ1n) is 7.53. The summed E-state index contributed by atoms with van der Waals surface area (Å²) in [7, 11) is 0. The van der Waals surface area contributed by atoms with Crippen molar-refractivity contribution >= 4 is 30.1 Å². The van der Waals surface area contributed by atoms with Crippen molar-refractivity contribution < 1.29 is 9.53 Å². The van der Waals surface area contributed by atoms with Crippen LogP contribution in [0.4, 0.5) is 0 Å². The van der Waals surface area contributed by atoms with Gasteiger partial charge in [0.15, 0.2) is 0 Å². The van der Waals surface area contributed by atoms with Gasteiger partial charge in [0.2, 0.25) is 5.91 Å². The Labute approximate surface area is 153 Å². The van der Waals surface area contributed by atoms with E-state index in [0.29, 0.717) is 13.0 Å². The van der Waals surface area contributed by atoms with Crippen molar-refractivity contribution in [3.63, 3.8) is 0 Å². The Bertz CT molecular complexity index is 625. The minimum Gasteiger partial charge on any atom is -0.457 e. The van der Waals surface area contributed by atoms with E-state index in [-0.39, 0.29) is 18.3 Å². The highest BCUT2D eigenvalue weighted by molar-refractivity contribution is 7.98. The number of nitrogens with one attached hydrogen (secondary N) is 1. The third-order valence-corrected chi connectivity index (χ3v) is 4.01. The van der Waals surface area contributed by atoms with Gasteiger partial charge in [-0.1, -0.05) is 36.4 Å². The summed E-state index contributed by atoms with van der Waals surface area (Å²) >= 11 is 1.69. The number of nitrogens with two attached hydrogens (primary N) is 1. The largest absolute Gasteiger partial charge is 0.457 e. The zero-order chi connectivity index (χ0) is 16.5. The van der Waals surface area contributed by atoms with Crippen molar-refractivity contribution in [2.45, 2.75) is 19.0 Å². The van der Waals surface area contributed by atoms with Crippen LogP contribution >= 0.6 is 24.2 Å². The lowest BCUT2D eigenvalue weighted by molar-refractivity contribution is -0.122. The van der Waals surface area contributed by atoms with Crippen LogP contribution in [0, 0.1) is 0 Å². The van der Waals surface area contributed by atoms with E-state index in [0.717, 1.165) is 22.8 Å². The van der Waals surface area contributed by atoms with Crippen molar-refractivity contribution in [1.29, 1.82) is 0 Å². The Morgan fingerprint density at radius 2 is 1.83 bits per heavy atom. The SMILES string of the molecule is CSCC[C@H](N)C(=O)NCc1ccccc1Oc1ccccc1.Cl. The second-order valence-electron chi connectivity index (χ2n) is 5.13. The lowest BCUT2D eigenvalue weighted by Gasteiger charge is -2.14. The van der Waals surface area contributed by atoms with Gasteiger partial charge in [0, 0.05) is 12.1 Å². The highest BCUT2D eigenvalue weighted by atomic mass is 35.5. The zero-order valence-corrected chi connectivity index (χ0v) is 15.2. The van der Waals surface area contributed by atoms with E-state index in [4.69, 9.17) is 10.5 Å². The lowest BCUT2D eigenvalue weighted by atomic mass is 10.2. The molecule has 0 heterocycles. The number of halogens is 1. The molecule has 0 aliphatic rings. The maximum absolute atomic E-state index is 12.0.